The number of nitrogens with zero attached hydrogens (tertiary/aromatic N) is 4. The molecule has 5 heteroatoms. The van der Waals surface area contributed by atoms with Gasteiger partial charge >= 0.3 is 0 Å². The van der Waals surface area contributed by atoms with E-state index in [2.05, 4.69) is 71.9 Å². The van der Waals surface area contributed by atoms with E-state index < -0.39 is 0 Å². The maximum atomic E-state index is 9.51. The highest BCUT2D eigenvalue weighted by Crippen LogP contribution is 2.31. The molecule has 0 aromatic heterocycles. The van der Waals surface area contributed by atoms with Crippen molar-refractivity contribution in [2.45, 2.75) is 39.0 Å². The van der Waals surface area contributed by atoms with Gasteiger partial charge in [0.25, 0.3) is 0 Å². The third kappa shape index (κ3) is 7.44. The Bertz CT molecular complexity index is 1180. The van der Waals surface area contributed by atoms with Crippen LogP contribution in [0.4, 0.5) is 0 Å². The number of aliphatic hydroxyl groups excluding tert-OH is 1. The Balaban J connectivity index is 2.11. The van der Waals surface area contributed by atoms with Crippen molar-refractivity contribution in [1.29, 1.82) is 0 Å². The van der Waals surface area contributed by atoms with Crippen LogP contribution in [-0.2, 0) is 0 Å². The van der Waals surface area contributed by atoms with E-state index in [4.69, 9.17) is 11.4 Å². The molecule has 0 bridgehead atoms. The Hall–Kier alpha value is -3.62. The van der Waals surface area contributed by atoms with Gasteiger partial charge in [-0.05, 0) is 53.5 Å². The van der Waals surface area contributed by atoms with Crippen molar-refractivity contribution in [2.75, 3.05) is 33.8 Å². The van der Waals surface area contributed by atoms with Gasteiger partial charge in [0.15, 0.2) is 0 Å². The van der Waals surface area contributed by atoms with E-state index in [0.29, 0.717) is 5.92 Å². The molecule has 2 aliphatic rings. The van der Waals surface area contributed by atoms with Gasteiger partial charge in [0.05, 0.1) is 5.71 Å². The second kappa shape index (κ2) is 14.2. The van der Waals surface area contributed by atoms with Crippen LogP contribution in [0.15, 0.2) is 88.3 Å². The van der Waals surface area contributed by atoms with Crippen LogP contribution in [0.3, 0.4) is 0 Å². The fourth-order valence-electron chi connectivity index (χ4n) is 4.73. The Morgan fingerprint density at radius 1 is 1.38 bits per heavy atom. The Labute approximate surface area is 223 Å². The van der Waals surface area contributed by atoms with E-state index in [1.54, 1.807) is 4.90 Å². The first-order valence-electron chi connectivity index (χ1n) is 13.2. The van der Waals surface area contributed by atoms with Crippen molar-refractivity contribution in [2.24, 2.45) is 15.9 Å². The number of benzene rings is 1. The van der Waals surface area contributed by atoms with Crippen LogP contribution in [0.2, 0.25) is 0 Å². The van der Waals surface area contributed by atoms with Gasteiger partial charge in [-0.1, -0.05) is 68.9 Å². The maximum absolute atomic E-state index is 9.51. The smallest absolute Gasteiger partial charge is 0.136 e. The second-order valence-electron chi connectivity index (χ2n) is 9.46. The van der Waals surface area contributed by atoms with Crippen LogP contribution in [0.25, 0.3) is 5.57 Å². The molecule has 1 unspecified atom stereocenters. The van der Waals surface area contributed by atoms with Gasteiger partial charge in [-0.2, -0.15) is 0 Å². The molecular formula is C32H40N4O. The molecule has 1 atom stereocenters. The molecule has 3 rings (SSSR count). The molecule has 1 fully saturated rings. The topological polar surface area (TPSA) is 51.4 Å². The van der Waals surface area contributed by atoms with Crippen LogP contribution in [0, 0.1) is 18.4 Å². The third-order valence-corrected chi connectivity index (χ3v) is 6.72. The van der Waals surface area contributed by atoms with Crippen molar-refractivity contribution in [3.05, 3.63) is 89.4 Å². The summed E-state index contributed by atoms with van der Waals surface area (Å²) in [5.74, 6) is 1.47. The predicted molar refractivity (Wildman–Crippen MR) is 157 cm³/mol. The number of aliphatic imine (C=N–C) groups is 2. The lowest BCUT2D eigenvalue weighted by Crippen LogP contribution is -2.22. The van der Waals surface area contributed by atoms with E-state index in [1.807, 2.05) is 32.6 Å². The van der Waals surface area contributed by atoms with E-state index in [-0.39, 0.29) is 6.61 Å². The monoisotopic (exact) mass is 496 g/mol. The fraction of sp³-hybridized carbons (Fsp3) is 0.375. The lowest BCUT2D eigenvalue weighted by Gasteiger charge is -2.23. The van der Waals surface area contributed by atoms with Gasteiger partial charge in [-0.3, -0.25) is 4.99 Å². The lowest BCUT2D eigenvalue weighted by atomic mass is 10.00. The number of unbranched alkanes of at least 4 members (excludes halogenated alkanes) is 1. The summed E-state index contributed by atoms with van der Waals surface area (Å²) in [5.41, 5.74) is 6.31. The highest BCUT2D eigenvalue weighted by Gasteiger charge is 2.27. The fourth-order valence-corrected chi connectivity index (χ4v) is 4.73. The summed E-state index contributed by atoms with van der Waals surface area (Å²) in [7, 11) is 3.66. The van der Waals surface area contributed by atoms with Crippen LogP contribution < -0.4 is 0 Å². The number of terminal acetylenes is 1. The lowest BCUT2D eigenvalue weighted by molar-refractivity contribution is 0.257. The Morgan fingerprint density at radius 2 is 2.22 bits per heavy atom. The van der Waals surface area contributed by atoms with Crippen molar-refractivity contribution in [3.8, 4) is 12.5 Å². The molecule has 0 radical (unpaired) electrons. The first-order chi connectivity index (χ1) is 18.0. The number of hydrogen-bond acceptors (Lipinski definition) is 5. The summed E-state index contributed by atoms with van der Waals surface area (Å²) in [6.07, 6.45) is 22.6. The van der Waals surface area contributed by atoms with Gasteiger partial charge in [-0.25, -0.2) is 4.99 Å². The number of rotatable bonds is 11. The zero-order valence-electron chi connectivity index (χ0n) is 22.5. The number of allylic oxidation sites excluding steroid dienone is 7. The molecule has 0 aliphatic carbocycles. The van der Waals surface area contributed by atoms with E-state index >= 15 is 0 Å². The van der Waals surface area contributed by atoms with Crippen LogP contribution >= 0.6 is 0 Å². The summed E-state index contributed by atoms with van der Waals surface area (Å²) in [6.45, 7) is 8.23. The molecule has 0 amide bonds. The molecule has 1 saturated heterocycles. The normalized spacial score (nSPS) is 18.7. The molecule has 194 valence electrons. The van der Waals surface area contributed by atoms with Gasteiger partial charge in [0.1, 0.15) is 5.82 Å². The summed E-state index contributed by atoms with van der Waals surface area (Å²) in [6, 6.07) is 11.0. The molecule has 1 N–H and O–H groups in total. The van der Waals surface area contributed by atoms with Gasteiger partial charge < -0.3 is 14.9 Å². The number of hydrogen-bond donors (Lipinski definition) is 1. The molecule has 0 saturated carbocycles. The standard InChI is InChI=1S/C32H40N4O/c1-6-9-12-29(22-33-4)30-15-11-16-31(34-32(30)36-19-17-25(23-36)18-20-37)28-14-10-13-27(21-28)26(7-2)24-35(5)8-3/h3,7,10-15,21-22,24-25,37H,2,6,9,16-20,23H2,1,4-5H3/b26-24+,29-12+,33-22?. The molecule has 2 aliphatic heterocycles. The Morgan fingerprint density at radius 3 is 2.92 bits per heavy atom. The first-order valence-corrected chi connectivity index (χ1v) is 13.2. The second-order valence-corrected chi connectivity index (χ2v) is 9.46. The summed E-state index contributed by atoms with van der Waals surface area (Å²) < 4.78 is 0. The third-order valence-electron chi connectivity index (χ3n) is 6.72. The minimum Gasteiger partial charge on any atom is -0.396 e. The molecule has 5 nitrogen and oxygen atoms in total. The summed E-state index contributed by atoms with van der Waals surface area (Å²) >= 11 is 0. The van der Waals surface area contributed by atoms with Gasteiger partial charge in [0.2, 0.25) is 0 Å². The zero-order valence-corrected chi connectivity index (χ0v) is 22.5. The minimum atomic E-state index is 0.226. The van der Waals surface area contributed by atoms with Crippen LogP contribution in [0.5, 0.6) is 0 Å². The van der Waals surface area contributed by atoms with E-state index in [1.165, 1.54) is 0 Å². The molecular weight excluding hydrogens is 456 g/mol. The molecule has 2 heterocycles. The molecule has 37 heavy (non-hydrogen) atoms. The average Bonchev–Trinajstić information content (AvgIpc) is 3.27. The van der Waals surface area contributed by atoms with Crippen molar-refractivity contribution in [1.82, 2.24) is 9.80 Å². The summed E-state index contributed by atoms with van der Waals surface area (Å²) in [5, 5.41) is 9.51. The maximum Gasteiger partial charge on any atom is 0.136 e. The predicted octanol–water partition coefficient (Wildman–Crippen LogP) is 5.83. The Kier molecular flexibility index (Phi) is 10.7. The highest BCUT2D eigenvalue weighted by atomic mass is 16.3. The van der Waals surface area contributed by atoms with Gasteiger partial charge in [-0.15, -0.1) is 0 Å². The first kappa shape index (κ1) is 28.0. The summed E-state index contributed by atoms with van der Waals surface area (Å²) in [4.78, 5) is 13.8. The number of likely N-dealkylation sites (tertiary alicyclic amines) is 1. The van der Waals surface area contributed by atoms with E-state index in [0.717, 1.165) is 84.6 Å². The number of aliphatic hydroxyl groups is 1. The quantitative estimate of drug-likeness (QED) is 0.182. The van der Waals surface area contributed by atoms with Crippen molar-refractivity contribution >= 4 is 17.5 Å². The zero-order chi connectivity index (χ0) is 26.6. The molecule has 1 aromatic rings. The minimum absolute atomic E-state index is 0.226. The largest absolute Gasteiger partial charge is 0.396 e. The van der Waals surface area contributed by atoms with E-state index in [9.17, 15) is 5.11 Å². The van der Waals surface area contributed by atoms with Crippen LogP contribution in [0.1, 0.15) is 50.2 Å². The highest BCUT2D eigenvalue weighted by molar-refractivity contribution is 6.03. The van der Waals surface area contributed by atoms with Crippen molar-refractivity contribution < 1.29 is 5.11 Å². The average molecular weight is 497 g/mol. The molecule has 1 aromatic carbocycles. The van der Waals surface area contributed by atoms with Crippen molar-refractivity contribution in [3.63, 3.8) is 0 Å². The van der Waals surface area contributed by atoms with Gasteiger partial charge in [0, 0.05) is 64.2 Å². The SMILES string of the molecule is C#CN(C)/C=C(\C=C)c1cccc(C2=NC(N3CCC(CCO)C3)=C(/C(C=NC)=C/CCC)C=CC2)c1. The van der Waals surface area contributed by atoms with Crippen LogP contribution in [-0.4, -0.2) is 60.6 Å². The molecule has 0 spiro atoms.